The molecule has 186 valence electrons. The number of carbonyl (C=O) groups is 1. The maximum absolute atomic E-state index is 13.4. The van der Waals surface area contributed by atoms with Gasteiger partial charge in [-0.2, -0.15) is 13.2 Å². The average molecular weight is 515 g/mol. The van der Waals surface area contributed by atoms with Gasteiger partial charge in [-0.1, -0.05) is 23.2 Å². The summed E-state index contributed by atoms with van der Waals surface area (Å²) in [5.41, 5.74) is 1.27. The van der Waals surface area contributed by atoms with Crippen molar-refractivity contribution in [1.82, 2.24) is 14.8 Å². The number of amides is 1. The molecule has 1 atom stereocenters. The Kier molecular flexibility index (Phi) is 6.12. The van der Waals surface area contributed by atoms with E-state index in [0.717, 1.165) is 17.7 Å². The molecular formula is C26H22ClF3N4O2. The molecule has 36 heavy (non-hydrogen) atoms. The Balaban J connectivity index is 1.51. The van der Waals surface area contributed by atoms with E-state index in [2.05, 4.69) is 9.98 Å². The van der Waals surface area contributed by atoms with E-state index >= 15 is 0 Å². The summed E-state index contributed by atoms with van der Waals surface area (Å²) in [5, 5.41) is 0.142. The van der Waals surface area contributed by atoms with Gasteiger partial charge in [-0.15, -0.1) is 0 Å². The van der Waals surface area contributed by atoms with Crippen LogP contribution in [0.3, 0.4) is 0 Å². The summed E-state index contributed by atoms with van der Waals surface area (Å²) in [6, 6.07) is 11.9. The predicted molar refractivity (Wildman–Crippen MR) is 130 cm³/mol. The number of benzene rings is 2. The highest BCUT2D eigenvalue weighted by atomic mass is 35.5. The van der Waals surface area contributed by atoms with Gasteiger partial charge in [-0.25, -0.2) is 9.98 Å². The molecule has 3 heterocycles. The third-order valence-corrected chi connectivity index (χ3v) is 6.59. The van der Waals surface area contributed by atoms with Crippen molar-refractivity contribution >= 4 is 29.0 Å². The second-order valence-electron chi connectivity index (χ2n) is 8.85. The van der Waals surface area contributed by atoms with Gasteiger partial charge in [-0.05, 0) is 56.3 Å². The highest BCUT2D eigenvalue weighted by Crippen LogP contribution is 2.42. The van der Waals surface area contributed by atoms with E-state index in [0.29, 0.717) is 42.3 Å². The molecule has 1 amide bonds. The Morgan fingerprint density at radius 1 is 1.11 bits per heavy atom. The highest BCUT2D eigenvalue weighted by molar-refractivity contribution is 6.32. The first-order chi connectivity index (χ1) is 17.1. The number of alkyl halides is 3. The van der Waals surface area contributed by atoms with Crippen LogP contribution in [-0.2, 0) is 6.18 Å². The van der Waals surface area contributed by atoms with Crippen molar-refractivity contribution in [2.45, 2.75) is 26.1 Å². The number of aliphatic imine (C=N–C) groups is 1. The molecule has 0 aliphatic carbocycles. The zero-order valence-corrected chi connectivity index (χ0v) is 20.3. The Morgan fingerprint density at radius 2 is 1.89 bits per heavy atom. The molecule has 5 rings (SSSR count). The van der Waals surface area contributed by atoms with Crippen molar-refractivity contribution in [3.63, 3.8) is 0 Å². The van der Waals surface area contributed by atoms with Crippen molar-refractivity contribution in [3.8, 4) is 11.5 Å². The zero-order chi connectivity index (χ0) is 25.6. The first-order valence-electron chi connectivity index (χ1n) is 11.4. The van der Waals surface area contributed by atoms with Crippen LogP contribution in [0.1, 0.15) is 34.0 Å². The van der Waals surface area contributed by atoms with Crippen LogP contribution in [0.2, 0.25) is 5.15 Å². The van der Waals surface area contributed by atoms with Crippen molar-refractivity contribution in [2.75, 3.05) is 19.6 Å². The maximum Gasteiger partial charge on any atom is 0.416 e. The van der Waals surface area contributed by atoms with E-state index in [1.54, 1.807) is 23.1 Å². The quantitative estimate of drug-likeness (QED) is 0.369. The van der Waals surface area contributed by atoms with E-state index in [-0.39, 0.29) is 28.5 Å². The molecule has 2 aliphatic heterocycles. The van der Waals surface area contributed by atoms with Crippen LogP contribution in [0.15, 0.2) is 59.7 Å². The molecule has 0 N–H and O–H groups in total. The van der Waals surface area contributed by atoms with Crippen LogP contribution in [0.4, 0.5) is 18.9 Å². The molecule has 2 aliphatic rings. The van der Waals surface area contributed by atoms with Gasteiger partial charge in [0.05, 0.1) is 16.7 Å². The number of hydrogen-bond donors (Lipinski definition) is 0. The molecule has 1 fully saturated rings. The summed E-state index contributed by atoms with van der Waals surface area (Å²) in [6.07, 6.45) is -2.98. The van der Waals surface area contributed by atoms with Gasteiger partial charge >= 0.3 is 6.18 Å². The number of nitrogens with zero attached hydrogens (tertiary/aromatic N) is 4. The first kappa shape index (κ1) is 24.1. The summed E-state index contributed by atoms with van der Waals surface area (Å²) in [4.78, 5) is 25.5. The van der Waals surface area contributed by atoms with E-state index in [1.807, 2.05) is 30.9 Å². The summed E-state index contributed by atoms with van der Waals surface area (Å²) in [6.45, 7) is 5.06. The average Bonchev–Trinajstić information content (AvgIpc) is 2.99. The first-order valence-corrected chi connectivity index (χ1v) is 11.7. The van der Waals surface area contributed by atoms with Crippen LogP contribution >= 0.6 is 11.6 Å². The smallest absolute Gasteiger partial charge is 0.416 e. The number of carbonyl (C=O) groups excluding carboxylic acids is 1. The fraction of sp³-hybridized carbons (Fsp3) is 0.269. The lowest BCUT2D eigenvalue weighted by Gasteiger charge is -2.41. The lowest BCUT2D eigenvalue weighted by atomic mass is 10.1. The van der Waals surface area contributed by atoms with Crippen molar-refractivity contribution in [1.29, 1.82) is 0 Å². The number of hydrogen-bond acceptors (Lipinski definition) is 5. The number of amidine groups is 1. The Hall–Kier alpha value is -3.59. The monoisotopic (exact) mass is 514 g/mol. The Bertz CT molecular complexity index is 1380. The predicted octanol–water partition coefficient (Wildman–Crippen LogP) is 6.09. The number of rotatable bonds is 1. The molecule has 0 saturated carbocycles. The lowest BCUT2D eigenvalue weighted by molar-refractivity contribution is -0.137. The minimum absolute atomic E-state index is 0.0991. The number of aromatic nitrogens is 1. The fourth-order valence-electron chi connectivity index (χ4n) is 4.46. The molecule has 2 aromatic carbocycles. The number of pyridine rings is 1. The van der Waals surface area contributed by atoms with Gasteiger partial charge in [0.1, 0.15) is 22.4 Å². The largest absolute Gasteiger partial charge is 0.454 e. The second-order valence-corrected chi connectivity index (χ2v) is 9.21. The van der Waals surface area contributed by atoms with Crippen molar-refractivity contribution in [2.24, 2.45) is 4.99 Å². The minimum atomic E-state index is -4.51. The molecule has 6 nitrogen and oxygen atoms in total. The molecule has 0 bridgehead atoms. The van der Waals surface area contributed by atoms with Crippen LogP contribution in [0.5, 0.6) is 11.5 Å². The number of fused-ring (bicyclic) bond motifs is 2. The van der Waals surface area contributed by atoms with Gasteiger partial charge in [0.15, 0.2) is 5.75 Å². The number of ether oxygens (including phenoxy) is 1. The molecular weight excluding hydrogens is 493 g/mol. The van der Waals surface area contributed by atoms with Gasteiger partial charge < -0.3 is 14.5 Å². The Labute approximate surface area is 211 Å². The molecule has 0 radical (unpaired) electrons. The lowest BCUT2D eigenvalue weighted by Crippen LogP contribution is -2.55. The topological polar surface area (TPSA) is 58.0 Å². The van der Waals surface area contributed by atoms with Crippen LogP contribution in [0.25, 0.3) is 0 Å². The molecule has 0 spiro atoms. The van der Waals surface area contributed by atoms with E-state index in [9.17, 15) is 18.0 Å². The van der Waals surface area contributed by atoms with Crippen molar-refractivity contribution < 1.29 is 22.7 Å². The number of aryl methyl sites for hydroxylation is 1. The van der Waals surface area contributed by atoms with Gasteiger partial charge in [-0.3, -0.25) is 4.79 Å². The standard InChI is InChI=1S/C26H22ClF3N4O2/c1-15-5-7-21-19(12-15)24(32-20-13-17(26(28,29)30)6-8-22(20)36-21)33-10-11-34(16(2)14-33)25(35)18-4-3-9-31-23(18)27/h3-9,12-13,16H,10-11,14H2,1-2H3. The number of halogens is 4. The third-order valence-electron chi connectivity index (χ3n) is 6.29. The maximum atomic E-state index is 13.4. The zero-order valence-electron chi connectivity index (χ0n) is 19.5. The van der Waals surface area contributed by atoms with Crippen LogP contribution in [-0.4, -0.2) is 52.2 Å². The highest BCUT2D eigenvalue weighted by Gasteiger charge is 2.34. The fourth-order valence-corrected chi connectivity index (χ4v) is 4.66. The SMILES string of the molecule is Cc1ccc2c(c1)C(N1CCN(C(=O)c3cccnc3Cl)C(C)C1)=Nc1cc(C(F)(F)F)ccc1O2. The van der Waals surface area contributed by atoms with Gasteiger partial charge in [0.2, 0.25) is 0 Å². The Morgan fingerprint density at radius 3 is 2.61 bits per heavy atom. The van der Waals surface area contributed by atoms with Crippen LogP contribution < -0.4 is 4.74 Å². The summed E-state index contributed by atoms with van der Waals surface area (Å²) in [5.74, 6) is 1.04. The molecule has 10 heteroatoms. The van der Waals surface area contributed by atoms with Gasteiger partial charge in [0.25, 0.3) is 5.91 Å². The molecule has 1 saturated heterocycles. The molecule has 1 unspecified atom stereocenters. The summed E-state index contributed by atoms with van der Waals surface area (Å²) >= 11 is 6.14. The molecule has 3 aromatic rings. The minimum Gasteiger partial charge on any atom is -0.454 e. The van der Waals surface area contributed by atoms with Crippen LogP contribution in [0, 0.1) is 6.92 Å². The summed E-state index contributed by atoms with van der Waals surface area (Å²) in [7, 11) is 0. The van der Waals surface area contributed by atoms with E-state index in [1.165, 1.54) is 12.3 Å². The van der Waals surface area contributed by atoms with E-state index < -0.39 is 11.7 Å². The number of piperazine rings is 1. The third kappa shape index (κ3) is 4.51. The summed E-state index contributed by atoms with van der Waals surface area (Å²) < 4.78 is 46.3. The van der Waals surface area contributed by atoms with E-state index in [4.69, 9.17) is 16.3 Å². The van der Waals surface area contributed by atoms with Gasteiger partial charge in [0, 0.05) is 31.9 Å². The normalized spacial score (nSPS) is 17.5. The molecule has 1 aromatic heterocycles. The second kappa shape index (κ2) is 9.13. The van der Waals surface area contributed by atoms with Crippen molar-refractivity contribution in [3.05, 3.63) is 82.1 Å².